The average Bonchev–Trinajstić information content (AvgIpc) is 2.29. The van der Waals surface area contributed by atoms with Crippen LogP contribution < -0.4 is 0 Å². The molecule has 0 unspecified atom stereocenters. The molecule has 2 heterocycles. The molecule has 0 saturated heterocycles. The summed E-state index contributed by atoms with van der Waals surface area (Å²) >= 11 is 0. The lowest BCUT2D eigenvalue weighted by Crippen LogP contribution is -2.39. The molecule has 0 radical (unpaired) electrons. The van der Waals surface area contributed by atoms with Crippen molar-refractivity contribution in [1.82, 2.24) is 4.90 Å². The van der Waals surface area contributed by atoms with E-state index in [9.17, 15) is 0 Å². The molecule has 2 nitrogen and oxygen atoms in total. The Morgan fingerprint density at radius 1 is 1.21 bits per heavy atom. The van der Waals surface area contributed by atoms with Gasteiger partial charge in [0.1, 0.15) is 5.84 Å². The van der Waals surface area contributed by atoms with Crippen molar-refractivity contribution >= 4 is 5.84 Å². The van der Waals surface area contributed by atoms with Gasteiger partial charge in [0.25, 0.3) is 0 Å². The monoisotopic (exact) mass is 184 g/mol. The summed E-state index contributed by atoms with van der Waals surface area (Å²) in [6.45, 7) is 2.10. The van der Waals surface area contributed by atoms with Gasteiger partial charge in [-0.1, -0.05) is 24.3 Å². The predicted octanol–water partition coefficient (Wildman–Crippen LogP) is 1.82. The van der Waals surface area contributed by atoms with Gasteiger partial charge in [-0.05, 0) is 18.1 Å². The third-order valence-electron chi connectivity index (χ3n) is 2.84. The topological polar surface area (TPSA) is 15.6 Å². The summed E-state index contributed by atoms with van der Waals surface area (Å²) in [7, 11) is 0. The normalized spacial score (nSPS) is 18.6. The highest BCUT2D eigenvalue weighted by atomic mass is 15.2. The predicted molar refractivity (Wildman–Crippen MR) is 57.4 cm³/mol. The van der Waals surface area contributed by atoms with Crippen LogP contribution in [-0.2, 0) is 6.42 Å². The molecule has 14 heavy (non-hydrogen) atoms. The van der Waals surface area contributed by atoms with Crippen LogP contribution in [0, 0.1) is 0 Å². The van der Waals surface area contributed by atoms with Gasteiger partial charge in [0.05, 0.1) is 0 Å². The molecular formula is C12H12N2. The lowest BCUT2D eigenvalue weighted by Gasteiger charge is -2.32. The second-order valence-corrected chi connectivity index (χ2v) is 3.69. The maximum absolute atomic E-state index is 4.45. The zero-order valence-corrected chi connectivity index (χ0v) is 7.98. The molecule has 2 aliphatic rings. The van der Waals surface area contributed by atoms with Gasteiger partial charge in [0.2, 0.25) is 0 Å². The van der Waals surface area contributed by atoms with E-state index < -0.39 is 0 Å². The van der Waals surface area contributed by atoms with Crippen LogP contribution in [0.5, 0.6) is 0 Å². The van der Waals surface area contributed by atoms with E-state index in [0.29, 0.717) is 0 Å². The van der Waals surface area contributed by atoms with Gasteiger partial charge in [-0.3, -0.25) is 0 Å². The summed E-state index contributed by atoms with van der Waals surface area (Å²) in [5.41, 5.74) is 2.74. The molecule has 0 atom stereocenters. The van der Waals surface area contributed by atoms with E-state index >= 15 is 0 Å². The second-order valence-electron chi connectivity index (χ2n) is 3.69. The first kappa shape index (κ1) is 7.80. The third-order valence-corrected chi connectivity index (χ3v) is 2.84. The Balaban J connectivity index is 2.15. The lowest BCUT2D eigenvalue weighted by atomic mass is 9.98. The zero-order valence-electron chi connectivity index (χ0n) is 7.98. The summed E-state index contributed by atoms with van der Waals surface area (Å²) in [5, 5.41) is 0. The molecule has 0 aliphatic carbocycles. The molecule has 2 aliphatic heterocycles. The third kappa shape index (κ3) is 1.07. The Kier molecular flexibility index (Phi) is 1.66. The summed E-state index contributed by atoms with van der Waals surface area (Å²) in [5.74, 6) is 1.15. The van der Waals surface area contributed by atoms with Crippen LogP contribution in [0.25, 0.3) is 0 Å². The lowest BCUT2D eigenvalue weighted by molar-refractivity contribution is 0.449. The molecule has 70 valence electrons. The Hall–Kier alpha value is -1.57. The van der Waals surface area contributed by atoms with Gasteiger partial charge in [0.15, 0.2) is 0 Å². The van der Waals surface area contributed by atoms with E-state index in [0.717, 1.165) is 25.3 Å². The van der Waals surface area contributed by atoms with Crippen molar-refractivity contribution in [1.29, 1.82) is 0 Å². The number of nitrogens with zero attached hydrogens (tertiary/aromatic N) is 2. The van der Waals surface area contributed by atoms with E-state index in [1.807, 2.05) is 6.20 Å². The molecule has 1 aromatic carbocycles. The molecule has 0 spiro atoms. The molecule has 0 fully saturated rings. The van der Waals surface area contributed by atoms with Crippen molar-refractivity contribution in [2.45, 2.75) is 6.42 Å². The molecule has 3 rings (SSSR count). The fraction of sp³-hybridized carbons (Fsp3) is 0.250. The van der Waals surface area contributed by atoms with Crippen LogP contribution in [-0.4, -0.2) is 23.8 Å². The molecule has 0 saturated carbocycles. The zero-order chi connectivity index (χ0) is 9.38. The summed E-state index contributed by atoms with van der Waals surface area (Å²) in [4.78, 5) is 6.79. The highest BCUT2D eigenvalue weighted by Gasteiger charge is 2.21. The summed E-state index contributed by atoms with van der Waals surface area (Å²) in [6, 6.07) is 8.56. The molecule has 1 aromatic rings. The van der Waals surface area contributed by atoms with E-state index in [1.165, 1.54) is 11.1 Å². The van der Waals surface area contributed by atoms with Crippen molar-refractivity contribution < 1.29 is 0 Å². The first-order valence-electron chi connectivity index (χ1n) is 5.01. The van der Waals surface area contributed by atoms with E-state index in [-0.39, 0.29) is 0 Å². The van der Waals surface area contributed by atoms with Crippen molar-refractivity contribution in [2.24, 2.45) is 4.99 Å². The fourth-order valence-corrected chi connectivity index (χ4v) is 2.11. The largest absolute Gasteiger partial charge is 0.352 e. The Morgan fingerprint density at radius 2 is 2.14 bits per heavy atom. The van der Waals surface area contributed by atoms with E-state index in [4.69, 9.17) is 0 Å². The Bertz CT molecular complexity index is 418. The highest BCUT2D eigenvalue weighted by molar-refractivity contribution is 6.01. The Labute approximate surface area is 83.6 Å². The van der Waals surface area contributed by atoms with Gasteiger partial charge < -0.3 is 4.90 Å². The number of hydrogen-bond acceptors (Lipinski definition) is 2. The van der Waals surface area contributed by atoms with Crippen molar-refractivity contribution in [3.05, 3.63) is 47.7 Å². The first-order valence-corrected chi connectivity index (χ1v) is 5.01. The van der Waals surface area contributed by atoms with Gasteiger partial charge >= 0.3 is 0 Å². The minimum Gasteiger partial charge on any atom is -0.352 e. The summed E-state index contributed by atoms with van der Waals surface area (Å²) < 4.78 is 0. The molecule has 0 N–H and O–H groups in total. The van der Waals surface area contributed by atoms with Crippen molar-refractivity contribution in [2.75, 3.05) is 13.1 Å². The van der Waals surface area contributed by atoms with Crippen molar-refractivity contribution in [3.8, 4) is 0 Å². The number of fused-ring (bicyclic) bond motifs is 3. The van der Waals surface area contributed by atoms with E-state index in [1.54, 1.807) is 0 Å². The number of hydrogen-bond donors (Lipinski definition) is 0. The van der Waals surface area contributed by atoms with Crippen LogP contribution in [0.4, 0.5) is 0 Å². The SMILES string of the molecule is C1=CN=C2c3ccccc3CCN2C1. The Morgan fingerprint density at radius 3 is 3.14 bits per heavy atom. The van der Waals surface area contributed by atoms with Gasteiger partial charge in [-0.2, -0.15) is 0 Å². The maximum atomic E-state index is 4.45. The van der Waals surface area contributed by atoms with Gasteiger partial charge in [0, 0.05) is 24.9 Å². The average molecular weight is 184 g/mol. The number of rotatable bonds is 0. The first-order chi connectivity index (χ1) is 6.95. The fourth-order valence-electron chi connectivity index (χ4n) is 2.11. The maximum Gasteiger partial charge on any atom is 0.136 e. The standard InChI is InChI=1S/C12H12N2/c1-2-5-11-10(4-1)6-9-14-8-3-7-13-12(11)14/h1-5,7H,6,8-9H2. The molecule has 0 amide bonds. The van der Waals surface area contributed by atoms with Crippen LogP contribution in [0.2, 0.25) is 0 Å². The minimum absolute atomic E-state index is 1.01. The van der Waals surface area contributed by atoms with Crippen LogP contribution in [0.15, 0.2) is 41.5 Å². The molecule has 0 bridgehead atoms. The van der Waals surface area contributed by atoms with E-state index in [2.05, 4.69) is 40.2 Å². The quantitative estimate of drug-likeness (QED) is 0.600. The van der Waals surface area contributed by atoms with Crippen LogP contribution in [0.3, 0.4) is 0 Å². The number of aliphatic imine (C=N–C) groups is 1. The van der Waals surface area contributed by atoms with Gasteiger partial charge in [-0.15, -0.1) is 0 Å². The highest BCUT2D eigenvalue weighted by Crippen LogP contribution is 2.20. The van der Waals surface area contributed by atoms with Crippen molar-refractivity contribution in [3.63, 3.8) is 0 Å². The van der Waals surface area contributed by atoms with Crippen LogP contribution in [0.1, 0.15) is 11.1 Å². The molecule has 2 heteroatoms. The van der Waals surface area contributed by atoms with Gasteiger partial charge in [-0.25, -0.2) is 4.99 Å². The number of amidine groups is 1. The summed E-state index contributed by atoms with van der Waals surface area (Å²) in [6.07, 6.45) is 5.16. The molecular weight excluding hydrogens is 172 g/mol. The second kappa shape index (κ2) is 2.98. The minimum atomic E-state index is 1.01. The molecule has 0 aromatic heterocycles. The van der Waals surface area contributed by atoms with Crippen LogP contribution >= 0.6 is 0 Å². The smallest absolute Gasteiger partial charge is 0.136 e. The number of benzene rings is 1.